The summed E-state index contributed by atoms with van der Waals surface area (Å²) in [6.45, 7) is 2.95. The fourth-order valence-corrected chi connectivity index (χ4v) is 0.633. The van der Waals surface area contributed by atoms with Gasteiger partial charge in [0.15, 0.2) is 0 Å². The molecular weight excluding hydrogens is 176 g/mol. The van der Waals surface area contributed by atoms with Crippen LogP contribution in [0.5, 0.6) is 0 Å². The van der Waals surface area contributed by atoms with Gasteiger partial charge in [0.1, 0.15) is 12.1 Å². The van der Waals surface area contributed by atoms with Crippen LogP contribution in [0.25, 0.3) is 0 Å². The minimum absolute atomic E-state index is 0.472. The number of hydrogen-bond acceptors (Lipinski definition) is 5. The maximum absolute atomic E-state index is 11.1. The van der Waals surface area contributed by atoms with Crippen molar-refractivity contribution >= 4 is 11.9 Å². The van der Waals surface area contributed by atoms with Gasteiger partial charge in [-0.1, -0.05) is 0 Å². The molecule has 1 amide bonds. The van der Waals surface area contributed by atoms with E-state index < -0.39 is 24.0 Å². The number of hydroxylamine groups is 1. The van der Waals surface area contributed by atoms with Crippen LogP contribution < -0.4 is 10.8 Å². The molecular formula is C7H14N2O4. The smallest absolute Gasteiger partial charge is 0.328 e. The normalized spacial score (nSPS) is 14.5. The van der Waals surface area contributed by atoms with Gasteiger partial charge in [0.25, 0.3) is 0 Å². The van der Waals surface area contributed by atoms with E-state index in [1.165, 1.54) is 21.0 Å². The fourth-order valence-electron chi connectivity index (χ4n) is 0.633. The molecule has 0 aliphatic carbocycles. The van der Waals surface area contributed by atoms with Crippen molar-refractivity contribution < 1.29 is 19.5 Å². The van der Waals surface area contributed by atoms with Gasteiger partial charge in [-0.2, -0.15) is 5.48 Å². The molecule has 0 bridgehead atoms. The molecule has 0 rings (SSSR count). The van der Waals surface area contributed by atoms with Crippen LogP contribution in [-0.4, -0.2) is 36.3 Å². The topological polar surface area (TPSA) is 87.7 Å². The zero-order chi connectivity index (χ0) is 10.4. The maximum atomic E-state index is 11.1. The molecule has 6 nitrogen and oxygen atoms in total. The lowest BCUT2D eigenvalue weighted by Crippen LogP contribution is -2.47. The quantitative estimate of drug-likeness (QED) is 0.392. The van der Waals surface area contributed by atoms with E-state index in [-0.39, 0.29) is 0 Å². The first-order valence-electron chi connectivity index (χ1n) is 3.80. The van der Waals surface area contributed by atoms with Gasteiger partial charge in [-0.25, -0.2) is 4.79 Å². The Morgan fingerprint density at radius 2 is 1.85 bits per heavy atom. The molecule has 0 saturated heterocycles. The first-order valence-corrected chi connectivity index (χ1v) is 3.80. The highest BCUT2D eigenvalue weighted by Gasteiger charge is 2.18. The lowest BCUT2D eigenvalue weighted by Gasteiger charge is -2.14. The number of methoxy groups -OCH3 is 1. The van der Waals surface area contributed by atoms with Crippen molar-refractivity contribution in [3.8, 4) is 0 Å². The van der Waals surface area contributed by atoms with Crippen LogP contribution in [0, 0.1) is 0 Å². The number of ether oxygens (including phenoxy) is 1. The highest BCUT2D eigenvalue weighted by Crippen LogP contribution is 1.88. The molecule has 3 N–H and O–H groups in total. The van der Waals surface area contributed by atoms with E-state index in [2.05, 4.69) is 10.1 Å². The average Bonchev–Trinajstić information content (AvgIpc) is 2.14. The van der Waals surface area contributed by atoms with Crippen molar-refractivity contribution in [1.29, 1.82) is 0 Å². The molecule has 0 aliphatic heterocycles. The van der Waals surface area contributed by atoms with Crippen molar-refractivity contribution in [1.82, 2.24) is 10.8 Å². The van der Waals surface area contributed by atoms with Gasteiger partial charge in [-0.05, 0) is 13.8 Å². The third-order valence-electron chi connectivity index (χ3n) is 1.50. The van der Waals surface area contributed by atoms with Crippen LogP contribution in [0.15, 0.2) is 0 Å². The summed E-state index contributed by atoms with van der Waals surface area (Å²) in [5.41, 5.74) is 1.76. The van der Waals surface area contributed by atoms with Crippen LogP contribution in [0.4, 0.5) is 0 Å². The third-order valence-corrected chi connectivity index (χ3v) is 1.50. The molecule has 0 aromatic carbocycles. The van der Waals surface area contributed by atoms with Crippen molar-refractivity contribution in [2.24, 2.45) is 0 Å². The molecule has 0 fully saturated rings. The Morgan fingerprint density at radius 1 is 1.31 bits per heavy atom. The van der Waals surface area contributed by atoms with E-state index in [9.17, 15) is 9.59 Å². The zero-order valence-corrected chi connectivity index (χ0v) is 7.83. The van der Waals surface area contributed by atoms with E-state index in [0.717, 1.165) is 0 Å². The van der Waals surface area contributed by atoms with Crippen molar-refractivity contribution in [3.63, 3.8) is 0 Å². The molecule has 0 saturated carbocycles. The van der Waals surface area contributed by atoms with Crippen molar-refractivity contribution in [2.75, 3.05) is 7.11 Å². The SMILES string of the molecule is COC(=O)[C@H](C)NC(=O)[C@H](C)NO. The largest absolute Gasteiger partial charge is 0.467 e. The second-order valence-corrected chi connectivity index (χ2v) is 2.60. The summed E-state index contributed by atoms with van der Waals surface area (Å²) in [4.78, 5) is 21.9. The summed E-state index contributed by atoms with van der Waals surface area (Å²) < 4.78 is 4.39. The predicted molar refractivity (Wildman–Crippen MR) is 44.0 cm³/mol. The van der Waals surface area contributed by atoms with Crippen LogP contribution in [-0.2, 0) is 14.3 Å². The van der Waals surface area contributed by atoms with Crippen LogP contribution in [0.1, 0.15) is 13.8 Å². The van der Waals surface area contributed by atoms with Crippen LogP contribution in [0.3, 0.4) is 0 Å². The van der Waals surface area contributed by atoms with Crippen molar-refractivity contribution in [2.45, 2.75) is 25.9 Å². The van der Waals surface area contributed by atoms with E-state index in [1.54, 1.807) is 5.48 Å². The summed E-state index contributed by atoms with van der Waals surface area (Å²) in [6, 6.07) is -1.47. The molecule has 0 unspecified atom stereocenters. The average molecular weight is 190 g/mol. The highest BCUT2D eigenvalue weighted by molar-refractivity contribution is 5.86. The van der Waals surface area contributed by atoms with Gasteiger partial charge >= 0.3 is 5.97 Å². The Bertz CT molecular complexity index is 195. The summed E-state index contributed by atoms with van der Waals surface area (Å²) in [7, 11) is 1.23. The Morgan fingerprint density at radius 3 is 2.23 bits per heavy atom. The second kappa shape index (κ2) is 5.50. The maximum Gasteiger partial charge on any atom is 0.328 e. The predicted octanol–water partition coefficient (Wildman–Crippen LogP) is -0.969. The van der Waals surface area contributed by atoms with Gasteiger partial charge in [0, 0.05) is 0 Å². The molecule has 6 heteroatoms. The molecule has 0 aromatic rings. The molecule has 2 atom stereocenters. The molecule has 0 aliphatic rings. The number of esters is 1. The number of carbonyl (C=O) groups is 2. The Hall–Kier alpha value is -1.14. The van der Waals surface area contributed by atoms with Gasteiger partial charge in [0.2, 0.25) is 5.91 Å². The Kier molecular flexibility index (Phi) is 5.01. The zero-order valence-electron chi connectivity index (χ0n) is 7.83. The van der Waals surface area contributed by atoms with Crippen molar-refractivity contribution in [3.05, 3.63) is 0 Å². The monoisotopic (exact) mass is 190 g/mol. The van der Waals surface area contributed by atoms with E-state index >= 15 is 0 Å². The fraction of sp³-hybridized carbons (Fsp3) is 0.714. The van der Waals surface area contributed by atoms with Crippen LogP contribution in [0.2, 0.25) is 0 Å². The number of rotatable bonds is 4. The number of nitrogens with one attached hydrogen (secondary N) is 2. The Labute approximate surface area is 76.2 Å². The van der Waals surface area contributed by atoms with Gasteiger partial charge in [-0.3, -0.25) is 4.79 Å². The molecule has 0 radical (unpaired) electrons. The summed E-state index contributed by atoms with van der Waals surface area (Å²) in [5, 5.41) is 10.7. The van der Waals surface area contributed by atoms with Gasteiger partial charge in [0.05, 0.1) is 7.11 Å². The second-order valence-electron chi connectivity index (χ2n) is 2.60. The summed E-state index contributed by atoms with van der Waals surface area (Å²) >= 11 is 0. The number of amides is 1. The number of hydrogen-bond donors (Lipinski definition) is 3. The first-order chi connectivity index (χ1) is 6.02. The first kappa shape index (κ1) is 11.9. The number of carbonyl (C=O) groups excluding carboxylic acids is 2. The summed E-state index contributed by atoms with van der Waals surface area (Å²) in [5.74, 6) is -1.00. The molecule has 76 valence electrons. The van der Waals surface area contributed by atoms with E-state index in [0.29, 0.717) is 0 Å². The lowest BCUT2D eigenvalue weighted by atomic mass is 10.3. The van der Waals surface area contributed by atoms with Crippen LogP contribution >= 0.6 is 0 Å². The molecule has 0 heterocycles. The Balaban J connectivity index is 3.98. The van der Waals surface area contributed by atoms with E-state index in [1.807, 2.05) is 0 Å². The third kappa shape index (κ3) is 3.86. The minimum atomic E-state index is -0.757. The lowest BCUT2D eigenvalue weighted by molar-refractivity contribution is -0.145. The van der Waals surface area contributed by atoms with E-state index in [4.69, 9.17) is 5.21 Å². The molecule has 0 spiro atoms. The van der Waals surface area contributed by atoms with Gasteiger partial charge in [-0.15, -0.1) is 0 Å². The highest BCUT2D eigenvalue weighted by atomic mass is 16.5. The standard InChI is InChI=1S/C7H14N2O4/c1-4(9-12)6(10)8-5(2)7(11)13-3/h4-5,9,12H,1-3H3,(H,8,10)/t4-,5-/m0/s1. The minimum Gasteiger partial charge on any atom is -0.467 e. The summed E-state index contributed by atoms with van der Waals surface area (Å²) in [6.07, 6.45) is 0. The molecule has 0 aromatic heterocycles. The molecule has 13 heavy (non-hydrogen) atoms. The van der Waals surface area contributed by atoms with Gasteiger partial charge < -0.3 is 15.3 Å².